The first-order valence-corrected chi connectivity index (χ1v) is 8.56. The minimum Gasteiger partial charge on any atom is -0.460 e. The van der Waals surface area contributed by atoms with Crippen LogP contribution in [0, 0.1) is 6.92 Å². The van der Waals surface area contributed by atoms with Gasteiger partial charge >= 0.3 is 5.97 Å². The lowest BCUT2D eigenvalue weighted by Gasteiger charge is -2.23. The first kappa shape index (κ1) is 17.0. The number of esters is 1. The zero-order valence-corrected chi connectivity index (χ0v) is 14.8. The fourth-order valence-corrected chi connectivity index (χ4v) is 3.40. The monoisotopic (exact) mass is 347 g/mol. The van der Waals surface area contributed by atoms with Crippen LogP contribution in [0.15, 0.2) is 30.3 Å². The van der Waals surface area contributed by atoms with Crippen LogP contribution in [0.1, 0.15) is 29.7 Å². The van der Waals surface area contributed by atoms with E-state index in [0.29, 0.717) is 18.3 Å². The lowest BCUT2D eigenvalue weighted by Crippen LogP contribution is -2.36. The smallest absolute Gasteiger partial charge is 0.323 e. The highest BCUT2D eigenvalue weighted by Gasteiger charge is 2.33. The van der Waals surface area contributed by atoms with Gasteiger partial charge in [0, 0.05) is 19.2 Å². The Morgan fingerprint density at radius 2 is 2.12 bits per heavy atom. The summed E-state index contributed by atoms with van der Waals surface area (Å²) in [6.45, 7) is 3.76. The number of benzene rings is 1. The molecule has 0 aliphatic carbocycles. The van der Waals surface area contributed by atoms with Gasteiger partial charge in [0.1, 0.15) is 17.8 Å². The summed E-state index contributed by atoms with van der Waals surface area (Å²) in [5.41, 5.74) is 2.90. The van der Waals surface area contributed by atoms with E-state index in [1.54, 1.807) is 4.68 Å². The first-order chi connectivity index (χ1) is 11.6. The highest BCUT2D eigenvalue weighted by molar-refractivity contribution is 6.30. The normalized spacial score (nSPS) is 18.0. The van der Waals surface area contributed by atoms with Crippen LogP contribution < -0.4 is 0 Å². The third kappa shape index (κ3) is 3.62. The van der Waals surface area contributed by atoms with Crippen molar-refractivity contribution in [2.24, 2.45) is 7.05 Å². The second-order valence-electron chi connectivity index (χ2n) is 6.20. The molecule has 2 heterocycles. The minimum atomic E-state index is -0.204. The maximum atomic E-state index is 12.5. The fraction of sp³-hybridized carbons (Fsp3) is 0.444. The molecule has 1 fully saturated rings. The van der Waals surface area contributed by atoms with E-state index in [0.717, 1.165) is 36.2 Å². The van der Waals surface area contributed by atoms with Crippen LogP contribution in [0.3, 0.4) is 0 Å². The summed E-state index contributed by atoms with van der Waals surface area (Å²) in [7, 11) is 1.83. The summed E-state index contributed by atoms with van der Waals surface area (Å²) >= 11 is 6.32. The topological polar surface area (TPSA) is 47.4 Å². The minimum absolute atomic E-state index is 0.158. The third-order valence-corrected chi connectivity index (χ3v) is 4.96. The Labute approximate surface area is 147 Å². The summed E-state index contributed by atoms with van der Waals surface area (Å²) in [4.78, 5) is 14.6. The average molecular weight is 348 g/mol. The second-order valence-corrected chi connectivity index (χ2v) is 6.56. The first-order valence-electron chi connectivity index (χ1n) is 8.19. The van der Waals surface area contributed by atoms with Crippen molar-refractivity contribution in [3.05, 3.63) is 52.3 Å². The zero-order chi connectivity index (χ0) is 17.1. The number of carbonyl (C=O) groups excluding carboxylic acids is 1. The van der Waals surface area contributed by atoms with Crippen LogP contribution in [0.4, 0.5) is 0 Å². The Morgan fingerprint density at radius 3 is 2.79 bits per heavy atom. The third-order valence-electron chi connectivity index (χ3n) is 4.49. The number of likely N-dealkylation sites (tertiary alicyclic amines) is 1. The van der Waals surface area contributed by atoms with E-state index < -0.39 is 0 Å². The van der Waals surface area contributed by atoms with Crippen LogP contribution in [0.5, 0.6) is 0 Å². The summed E-state index contributed by atoms with van der Waals surface area (Å²) in [6, 6.07) is 9.54. The van der Waals surface area contributed by atoms with Crippen molar-refractivity contribution in [3.8, 4) is 0 Å². The molecule has 128 valence electrons. The molecule has 0 spiro atoms. The lowest BCUT2D eigenvalue weighted by molar-refractivity contribution is -0.150. The molecule has 0 bridgehead atoms. The Balaban J connectivity index is 1.63. The van der Waals surface area contributed by atoms with E-state index in [1.807, 2.05) is 44.3 Å². The van der Waals surface area contributed by atoms with Gasteiger partial charge in [0.25, 0.3) is 0 Å². The fourth-order valence-electron chi connectivity index (χ4n) is 3.16. The van der Waals surface area contributed by atoms with E-state index in [1.165, 1.54) is 0 Å². The molecule has 1 atom stereocenters. The molecule has 1 unspecified atom stereocenters. The highest BCUT2D eigenvalue weighted by atomic mass is 35.5. The number of halogens is 1. The molecule has 1 aromatic heterocycles. The van der Waals surface area contributed by atoms with E-state index in [-0.39, 0.29) is 12.0 Å². The van der Waals surface area contributed by atoms with Gasteiger partial charge in [-0.15, -0.1) is 0 Å². The molecule has 24 heavy (non-hydrogen) atoms. The van der Waals surface area contributed by atoms with Crippen molar-refractivity contribution in [1.82, 2.24) is 14.7 Å². The van der Waals surface area contributed by atoms with Crippen LogP contribution in [0.25, 0.3) is 0 Å². The van der Waals surface area contributed by atoms with Crippen molar-refractivity contribution < 1.29 is 9.53 Å². The Hall–Kier alpha value is -1.85. The van der Waals surface area contributed by atoms with Gasteiger partial charge in [0.05, 0.1) is 5.69 Å². The summed E-state index contributed by atoms with van der Waals surface area (Å²) < 4.78 is 7.18. The molecule has 0 radical (unpaired) electrons. The average Bonchev–Trinajstić information content (AvgIpc) is 3.14. The Bertz CT molecular complexity index is 715. The number of hydrogen-bond acceptors (Lipinski definition) is 4. The molecule has 0 N–H and O–H groups in total. The molecule has 1 saturated heterocycles. The van der Waals surface area contributed by atoms with Gasteiger partial charge in [-0.05, 0) is 31.9 Å². The van der Waals surface area contributed by atoms with Crippen molar-refractivity contribution in [2.75, 3.05) is 6.54 Å². The van der Waals surface area contributed by atoms with E-state index in [9.17, 15) is 4.79 Å². The largest absolute Gasteiger partial charge is 0.460 e. The quantitative estimate of drug-likeness (QED) is 0.780. The molecule has 1 aromatic carbocycles. The molecule has 3 rings (SSSR count). The predicted octanol–water partition coefficient (Wildman–Crippen LogP) is 3.09. The number of nitrogens with zero attached hydrogens (tertiary/aromatic N) is 3. The predicted molar refractivity (Wildman–Crippen MR) is 92.6 cm³/mol. The van der Waals surface area contributed by atoms with Gasteiger partial charge in [0.15, 0.2) is 0 Å². The number of aryl methyl sites for hydroxylation is 2. The molecular formula is C18H22ClN3O2. The van der Waals surface area contributed by atoms with Crippen molar-refractivity contribution in [1.29, 1.82) is 0 Å². The van der Waals surface area contributed by atoms with Crippen molar-refractivity contribution in [2.45, 2.75) is 39.0 Å². The van der Waals surface area contributed by atoms with Crippen LogP contribution in [-0.4, -0.2) is 33.2 Å². The van der Waals surface area contributed by atoms with Gasteiger partial charge in [-0.2, -0.15) is 5.10 Å². The van der Waals surface area contributed by atoms with Gasteiger partial charge in [-0.3, -0.25) is 14.4 Å². The van der Waals surface area contributed by atoms with Gasteiger partial charge in [-0.25, -0.2) is 0 Å². The van der Waals surface area contributed by atoms with E-state index >= 15 is 0 Å². The van der Waals surface area contributed by atoms with E-state index in [2.05, 4.69) is 10.00 Å². The number of aromatic nitrogens is 2. The highest BCUT2D eigenvalue weighted by Crippen LogP contribution is 2.26. The molecule has 6 heteroatoms. The van der Waals surface area contributed by atoms with E-state index in [4.69, 9.17) is 16.3 Å². The van der Waals surface area contributed by atoms with Crippen LogP contribution >= 0.6 is 11.6 Å². The Morgan fingerprint density at radius 1 is 1.38 bits per heavy atom. The zero-order valence-electron chi connectivity index (χ0n) is 14.0. The molecule has 0 amide bonds. The van der Waals surface area contributed by atoms with Crippen LogP contribution in [0.2, 0.25) is 5.15 Å². The molecule has 1 aliphatic rings. The Kier molecular flexibility index (Phi) is 5.21. The molecule has 5 nitrogen and oxygen atoms in total. The number of rotatable bonds is 5. The van der Waals surface area contributed by atoms with Gasteiger partial charge in [0.2, 0.25) is 0 Å². The summed E-state index contributed by atoms with van der Waals surface area (Å²) in [5, 5.41) is 4.98. The summed E-state index contributed by atoms with van der Waals surface area (Å²) in [6.07, 6.45) is 1.81. The standard InChI is InChI=1S/C18H22ClN3O2/c1-13-15(17(19)21(2)20-13)11-22-10-6-9-16(22)18(23)24-12-14-7-4-3-5-8-14/h3-5,7-8,16H,6,9-12H2,1-2H3. The second kappa shape index (κ2) is 7.36. The maximum Gasteiger partial charge on any atom is 0.323 e. The van der Waals surface area contributed by atoms with Crippen molar-refractivity contribution >= 4 is 17.6 Å². The molecular weight excluding hydrogens is 326 g/mol. The maximum absolute atomic E-state index is 12.5. The summed E-state index contributed by atoms with van der Waals surface area (Å²) in [5.74, 6) is -0.158. The van der Waals surface area contributed by atoms with Crippen molar-refractivity contribution in [3.63, 3.8) is 0 Å². The van der Waals surface area contributed by atoms with Gasteiger partial charge in [-0.1, -0.05) is 41.9 Å². The SMILES string of the molecule is Cc1nn(C)c(Cl)c1CN1CCCC1C(=O)OCc1ccccc1. The molecule has 2 aromatic rings. The number of hydrogen-bond donors (Lipinski definition) is 0. The molecule has 0 saturated carbocycles. The molecule has 1 aliphatic heterocycles. The lowest BCUT2D eigenvalue weighted by atomic mass is 10.2. The number of carbonyl (C=O) groups is 1. The van der Waals surface area contributed by atoms with Gasteiger partial charge < -0.3 is 4.74 Å². The van der Waals surface area contributed by atoms with Crippen LogP contribution in [-0.2, 0) is 29.7 Å². The number of ether oxygens (including phenoxy) is 1.